The van der Waals surface area contributed by atoms with E-state index in [1.54, 1.807) is 0 Å². The van der Waals surface area contributed by atoms with Crippen molar-refractivity contribution < 1.29 is 5.11 Å². The van der Waals surface area contributed by atoms with Crippen LogP contribution in [0.5, 0.6) is 0 Å². The molecular formula is C13H19NOS. The van der Waals surface area contributed by atoms with Crippen molar-refractivity contribution in [3.05, 3.63) is 23.3 Å². The van der Waals surface area contributed by atoms with E-state index in [2.05, 4.69) is 31.3 Å². The summed E-state index contributed by atoms with van der Waals surface area (Å²) in [6.07, 6.45) is 1.94. The lowest BCUT2D eigenvalue weighted by atomic mass is 10.1. The van der Waals surface area contributed by atoms with Crippen molar-refractivity contribution in [2.24, 2.45) is 0 Å². The van der Waals surface area contributed by atoms with Gasteiger partial charge in [-0.15, -0.1) is 11.8 Å². The van der Waals surface area contributed by atoms with Gasteiger partial charge < -0.3 is 10.4 Å². The summed E-state index contributed by atoms with van der Waals surface area (Å²) in [4.78, 5) is 1.37. The molecule has 0 amide bonds. The first kappa shape index (κ1) is 11.8. The topological polar surface area (TPSA) is 32.3 Å². The highest BCUT2D eigenvalue weighted by atomic mass is 32.2. The van der Waals surface area contributed by atoms with E-state index in [-0.39, 0.29) is 0 Å². The Balaban J connectivity index is 2.14. The minimum Gasteiger partial charge on any atom is -0.396 e. The molecule has 0 saturated carbocycles. The maximum Gasteiger partial charge on any atom is 0.0510 e. The number of benzene rings is 1. The monoisotopic (exact) mass is 237 g/mol. The zero-order valence-electron chi connectivity index (χ0n) is 9.92. The second kappa shape index (κ2) is 5.11. The van der Waals surface area contributed by atoms with Crippen molar-refractivity contribution in [2.45, 2.75) is 37.6 Å². The van der Waals surface area contributed by atoms with Gasteiger partial charge in [0.15, 0.2) is 0 Å². The molecular weight excluding hydrogens is 218 g/mol. The molecule has 2 nitrogen and oxygen atoms in total. The summed E-state index contributed by atoms with van der Waals surface area (Å²) in [6, 6.07) is 4.98. The third-order valence-electron chi connectivity index (χ3n) is 2.94. The van der Waals surface area contributed by atoms with Gasteiger partial charge >= 0.3 is 0 Å². The number of anilines is 1. The summed E-state index contributed by atoms with van der Waals surface area (Å²) >= 11 is 1.93. The van der Waals surface area contributed by atoms with Gasteiger partial charge in [0.25, 0.3) is 0 Å². The van der Waals surface area contributed by atoms with Gasteiger partial charge in [-0.1, -0.05) is 6.07 Å². The van der Waals surface area contributed by atoms with Gasteiger partial charge in [-0.05, 0) is 43.9 Å². The maximum absolute atomic E-state index is 8.85. The van der Waals surface area contributed by atoms with Crippen molar-refractivity contribution >= 4 is 17.4 Å². The van der Waals surface area contributed by atoms with Gasteiger partial charge in [-0.25, -0.2) is 0 Å². The van der Waals surface area contributed by atoms with E-state index in [0.717, 1.165) is 18.6 Å². The lowest BCUT2D eigenvalue weighted by molar-refractivity contribution is 0.282. The molecule has 2 N–H and O–H groups in total. The van der Waals surface area contributed by atoms with Crippen LogP contribution in [0.25, 0.3) is 0 Å². The van der Waals surface area contributed by atoms with Gasteiger partial charge in [0, 0.05) is 23.3 Å². The minimum atomic E-state index is 0.294. The van der Waals surface area contributed by atoms with E-state index in [0.29, 0.717) is 12.6 Å². The number of aliphatic hydroxyl groups is 1. The van der Waals surface area contributed by atoms with Crippen molar-refractivity contribution in [2.75, 3.05) is 17.7 Å². The SMILES string of the molecule is Cc1cc(C)c2c(c1)SCC(CCCO)N2. The van der Waals surface area contributed by atoms with E-state index < -0.39 is 0 Å². The molecule has 0 aromatic heterocycles. The standard InChI is InChI=1S/C13H19NOS/c1-9-6-10(2)13-12(7-9)16-8-11(14-13)4-3-5-15/h6-7,11,14-15H,3-5,8H2,1-2H3. The number of hydrogen-bond donors (Lipinski definition) is 2. The highest BCUT2D eigenvalue weighted by Crippen LogP contribution is 2.37. The van der Waals surface area contributed by atoms with Crippen LogP contribution < -0.4 is 5.32 Å². The lowest BCUT2D eigenvalue weighted by Gasteiger charge is -2.28. The molecule has 0 radical (unpaired) electrons. The molecule has 1 atom stereocenters. The first-order valence-electron chi connectivity index (χ1n) is 5.82. The highest BCUT2D eigenvalue weighted by Gasteiger charge is 2.19. The van der Waals surface area contributed by atoms with Crippen LogP contribution in [0.1, 0.15) is 24.0 Å². The number of aryl methyl sites for hydroxylation is 2. The highest BCUT2D eigenvalue weighted by molar-refractivity contribution is 7.99. The molecule has 0 fully saturated rings. The Morgan fingerprint density at radius 2 is 2.25 bits per heavy atom. The Morgan fingerprint density at radius 3 is 3.00 bits per heavy atom. The molecule has 0 bridgehead atoms. The van der Waals surface area contributed by atoms with Crippen LogP contribution in [0.15, 0.2) is 17.0 Å². The van der Waals surface area contributed by atoms with Gasteiger partial charge in [0.1, 0.15) is 0 Å². The number of nitrogens with one attached hydrogen (secondary N) is 1. The molecule has 1 aliphatic rings. The summed E-state index contributed by atoms with van der Waals surface area (Å²) in [5.41, 5.74) is 3.96. The molecule has 1 unspecified atom stereocenters. The molecule has 3 heteroatoms. The van der Waals surface area contributed by atoms with Crippen LogP contribution in [0, 0.1) is 13.8 Å². The fourth-order valence-electron chi connectivity index (χ4n) is 2.16. The van der Waals surface area contributed by atoms with E-state index in [4.69, 9.17) is 5.11 Å². The Morgan fingerprint density at radius 1 is 1.44 bits per heavy atom. The predicted octanol–water partition coefficient (Wildman–Crippen LogP) is 2.96. The van der Waals surface area contributed by atoms with E-state index >= 15 is 0 Å². The summed E-state index contributed by atoms with van der Waals surface area (Å²) in [5.74, 6) is 1.11. The predicted molar refractivity (Wildman–Crippen MR) is 70.4 cm³/mol. The summed E-state index contributed by atoms with van der Waals surface area (Å²) < 4.78 is 0. The third kappa shape index (κ3) is 2.53. The Kier molecular flexibility index (Phi) is 3.77. The number of hydrogen-bond acceptors (Lipinski definition) is 3. The molecule has 88 valence electrons. The molecule has 1 aromatic rings. The zero-order valence-corrected chi connectivity index (χ0v) is 10.7. The fraction of sp³-hybridized carbons (Fsp3) is 0.538. The van der Waals surface area contributed by atoms with E-state index in [1.807, 2.05) is 11.8 Å². The van der Waals surface area contributed by atoms with Crippen LogP contribution in [0.3, 0.4) is 0 Å². The Bertz CT molecular complexity index is 378. The summed E-state index contributed by atoms with van der Waals surface area (Å²) in [5, 5.41) is 12.4. The molecule has 16 heavy (non-hydrogen) atoms. The average Bonchev–Trinajstić information content (AvgIpc) is 2.26. The molecule has 1 heterocycles. The van der Waals surface area contributed by atoms with Crippen molar-refractivity contribution in [3.63, 3.8) is 0 Å². The number of rotatable bonds is 3. The fourth-order valence-corrected chi connectivity index (χ4v) is 3.42. The smallest absolute Gasteiger partial charge is 0.0510 e. The quantitative estimate of drug-likeness (QED) is 0.847. The van der Waals surface area contributed by atoms with Crippen LogP contribution in [-0.4, -0.2) is 23.5 Å². The van der Waals surface area contributed by atoms with Crippen molar-refractivity contribution in [1.82, 2.24) is 0 Å². The van der Waals surface area contributed by atoms with Gasteiger partial charge in [-0.2, -0.15) is 0 Å². The number of aliphatic hydroxyl groups excluding tert-OH is 1. The maximum atomic E-state index is 8.85. The normalized spacial score (nSPS) is 19.1. The number of thioether (sulfide) groups is 1. The molecule has 1 aromatic carbocycles. The van der Waals surface area contributed by atoms with Gasteiger partial charge in [0.2, 0.25) is 0 Å². The van der Waals surface area contributed by atoms with Crippen LogP contribution in [0.2, 0.25) is 0 Å². The first-order chi connectivity index (χ1) is 7.70. The molecule has 0 saturated heterocycles. The first-order valence-corrected chi connectivity index (χ1v) is 6.80. The van der Waals surface area contributed by atoms with Crippen LogP contribution in [-0.2, 0) is 0 Å². The number of fused-ring (bicyclic) bond motifs is 1. The van der Waals surface area contributed by atoms with Crippen molar-refractivity contribution in [1.29, 1.82) is 0 Å². The van der Waals surface area contributed by atoms with Crippen LogP contribution in [0.4, 0.5) is 5.69 Å². The van der Waals surface area contributed by atoms with Crippen molar-refractivity contribution in [3.8, 4) is 0 Å². The molecule has 2 rings (SSSR count). The summed E-state index contributed by atoms with van der Waals surface area (Å²) in [6.45, 7) is 4.60. The average molecular weight is 237 g/mol. The molecule has 1 aliphatic heterocycles. The Hall–Kier alpha value is -0.670. The van der Waals surface area contributed by atoms with Gasteiger partial charge in [-0.3, -0.25) is 0 Å². The summed E-state index contributed by atoms with van der Waals surface area (Å²) in [7, 11) is 0. The van der Waals surface area contributed by atoms with E-state index in [9.17, 15) is 0 Å². The second-order valence-corrected chi connectivity index (χ2v) is 5.53. The largest absolute Gasteiger partial charge is 0.396 e. The van der Waals surface area contributed by atoms with E-state index in [1.165, 1.54) is 21.7 Å². The molecule has 0 spiro atoms. The molecule has 0 aliphatic carbocycles. The minimum absolute atomic E-state index is 0.294. The van der Waals surface area contributed by atoms with Crippen LogP contribution >= 0.6 is 11.8 Å². The van der Waals surface area contributed by atoms with Gasteiger partial charge in [0.05, 0.1) is 5.69 Å². The lowest BCUT2D eigenvalue weighted by Crippen LogP contribution is -2.26. The third-order valence-corrected chi connectivity index (χ3v) is 4.14. The second-order valence-electron chi connectivity index (χ2n) is 4.47. The Labute approximate surface area is 101 Å². The zero-order chi connectivity index (χ0) is 11.5.